The molecule has 0 aromatic rings. The molecule has 0 saturated heterocycles. The van der Waals surface area contributed by atoms with E-state index < -0.39 is 19.8 Å². The van der Waals surface area contributed by atoms with Crippen LogP contribution in [0.5, 0.6) is 0 Å². The summed E-state index contributed by atoms with van der Waals surface area (Å²) in [6, 6.07) is 0. The molecule has 19 heavy (non-hydrogen) atoms. The molecule has 0 aromatic heterocycles. The minimum absolute atomic E-state index is 0.404. The molecule has 0 aliphatic heterocycles. The fourth-order valence-electron chi connectivity index (χ4n) is 1.77. The van der Waals surface area contributed by atoms with E-state index >= 15 is 0 Å². The number of nitrogens with one attached hydrogen (secondary N) is 1. The molecule has 4 heteroatoms. The van der Waals surface area contributed by atoms with Crippen molar-refractivity contribution in [2.45, 2.75) is 66.3 Å². The maximum absolute atomic E-state index is 11.5. The molecule has 0 spiro atoms. The van der Waals surface area contributed by atoms with Gasteiger partial charge < -0.3 is 4.74 Å². The van der Waals surface area contributed by atoms with Gasteiger partial charge in [0.15, 0.2) is 0 Å². The Balaban J connectivity index is 4.37. The van der Waals surface area contributed by atoms with E-state index in [2.05, 4.69) is 37.6 Å². The molecule has 0 bridgehead atoms. The molecular weight excluding hydrogens is 254 g/mol. The van der Waals surface area contributed by atoms with Crippen molar-refractivity contribution in [3.8, 4) is 0 Å². The van der Waals surface area contributed by atoms with Gasteiger partial charge in [0.05, 0.1) is 8.07 Å². The second kappa shape index (κ2) is 6.94. The van der Waals surface area contributed by atoms with Gasteiger partial charge in [-0.2, -0.15) is 0 Å². The normalized spacial score (nSPS) is 14.3. The predicted molar refractivity (Wildman–Crippen MR) is 84.8 cm³/mol. The fraction of sp³-hybridized carbons (Fsp3) is 0.667. The highest BCUT2D eigenvalue weighted by Gasteiger charge is 2.15. The van der Waals surface area contributed by atoms with Crippen LogP contribution in [0.4, 0.5) is 4.79 Å². The van der Waals surface area contributed by atoms with Crippen LogP contribution >= 0.6 is 0 Å². The number of allylic oxidation sites excluding steroid dienone is 2. The molecule has 0 fully saturated rings. The summed E-state index contributed by atoms with van der Waals surface area (Å²) in [4.78, 5) is 11.5. The van der Waals surface area contributed by atoms with Crippen molar-refractivity contribution in [2.24, 2.45) is 0 Å². The summed E-state index contributed by atoms with van der Waals surface area (Å²) in [5.74, 6) is 0. The van der Waals surface area contributed by atoms with Gasteiger partial charge >= 0.3 is 6.09 Å². The van der Waals surface area contributed by atoms with E-state index in [-0.39, 0.29) is 0 Å². The molecule has 3 nitrogen and oxygen atoms in total. The van der Waals surface area contributed by atoms with Crippen LogP contribution in [0.3, 0.4) is 0 Å². The summed E-state index contributed by atoms with van der Waals surface area (Å²) in [6.45, 7) is 16.7. The van der Waals surface area contributed by atoms with Gasteiger partial charge in [0.25, 0.3) is 0 Å². The van der Waals surface area contributed by atoms with Crippen LogP contribution in [0.15, 0.2) is 23.0 Å². The lowest BCUT2D eigenvalue weighted by atomic mass is 10.1. The summed E-state index contributed by atoms with van der Waals surface area (Å²) in [6.07, 6.45) is 2.22. The van der Waals surface area contributed by atoms with Crippen LogP contribution in [-0.2, 0) is 4.74 Å². The van der Waals surface area contributed by atoms with Crippen LogP contribution in [0, 0.1) is 0 Å². The van der Waals surface area contributed by atoms with Crippen LogP contribution < -0.4 is 5.32 Å². The van der Waals surface area contributed by atoms with Gasteiger partial charge in [-0.3, -0.25) is 5.32 Å². The lowest BCUT2D eigenvalue weighted by molar-refractivity contribution is 0.0552. The third-order valence-electron chi connectivity index (χ3n) is 2.07. The molecular formula is C15H29NO2Si. The number of carbonyl (C=O) groups excluding carboxylic acids is 1. The van der Waals surface area contributed by atoms with Crippen molar-refractivity contribution in [2.75, 3.05) is 0 Å². The molecule has 1 amide bonds. The van der Waals surface area contributed by atoms with Gasteiger partial charge in [0, 0.05) is 6.20 Å². The molecule has 1 N–H and O–H groups in total. The standard InChI is InChI=1S/C15H29NO2Si/c1-12(9-13(2)11-19(6,7)8)10-16-14(17)18-15(3,4)5/h10-11H,9H2,1-8H3,(H,16,17)/b12-10+,13-11+. The minimum Gasteiger partial charge on any atom is -0.444 e. The monoisotopic (exact) mass is 283 g/mol. The lowest BCUT2D eigenvalue weighted by Crippen LogP contribution is -2.29. The van der Waals surface area contributed by atoms with Gasteiger partial charge in [0.1, 0.15) is 5.60 Å². The fourth-order valence-corrected chi connectivity index (χ4v) is 3.35. The zero-order valence-corrected chi connectivity index (χ0v) is 14.7. The molecule has 0 heterocycles. The van der Waals surface area contributed by atoms with E-state index in [0.29, 0.717) is 0 Å². The number of carbonyl (C=O) groups is 1. The molecule has 0 atom stereocenters. The zero-order chi connectivity index (χ0) is 15.3. The quantitative estimate of drug-likeness (QED) is 0.764. The Kier molecular flexibility index (Phi) is 6.56. The highest BCUT2D eigenvalue weighted by Crippen LogP contribution is 2.14. The Morgan fingerprint density at radius 1 is 1.16 bits per heavy atom. The third kappa shape index (κ3) is 11.8. The average Bonchev–Trinajstić information content (AvgIpc) is 2.08. The molecule has 0 rings (SSSR count). The number of hydrogen-bond donors (Lipinski definition) is 1. The molecule has 0 aromatic carbocycles. The Labute approximate surface area is 119 Å². The Hall–Kier alpha value is -1.03. The second-order valence-corrected chi connectivity index (χ2v) is 12.2. The van der Waals surface area contributed by atoms with Crippen molar-refractivity contribution in [1.29, 1.82) is 0 Å². The first kappa shape index (κ1) is 18.0. The van der Waals surface area contributed by atoms with E-state index in [1.54, 1.807) is 6.20 Å². The van der Waals surface area contributed by atoms with Gasteiger partial charge in [-0.15, -0.1) is 0 Å². The van der Waals surface area contributed by atoms with Crippen molar-refractivity contribution in [1.82, 2.24) is 5.32 Å². The molecule has 0 radical (unpaired) electrons. The average molecular weight is 283 g/mol. The van der Waals surface area contributed by atoms with Crippen molar-refractivity contribution in [3.63, 3.8) is 0 Å². The first-order chi connectivity index (χ1) is 8.39. The van der Waals surface area contributed by atoms with Gasteiger partial charge in [-0.1, -0.05) is 36.5 Å². The number of ether oxygens (including phenoxy) is 1. The van der Waals surface area contributed by atoms with Gasteiger partial charge in [0.2, 0.25) is 0 Å². The minimum atomic E-state index is -1.16. The number of rotatable bonds is 4. The molecule has 0 aliphatic carbocycles. The van der Waals surface area contributed by atoms with E-state index in [1.807, 2.05) is 27.7 Å². The topological polar surface area (TPSA) is 38.3 Å². The van der Waals surface area contributed by atoms with Gasteiger partial charge in [-0.05, 0) is 41.0 Å². The lowest BCUT2D eigenvalue weighted by Gasteiger charge is -2.19. The molecule has 0 saturated carbocycles. The summed E-state index contributed by atoms with van der Waals surface area (Å²) >= 11 is 0. The predicted octanol–water partition coefficient (Wildman–Crippen LogP) is 4.63. The largest absolute Gasteiger partial charge is 0.444 e. The number of hydrogen-bond acceptors (Lipinski definition) is 2. The van der Waals surface area contributed by atoms with Crippen molar-refractivity contribution >= 4 is 14.2 Å². The molecule has 110 valence electrons. The Morgan fingerprint density at radius 2 is 1.68 bits per heavy atom. The van der Waals surface area contributed by atoms with Crippen LogP contribution in [0.2, 0.25) is 19.6 Å². The first-order valence-corrected chi connectivity index (χ1v) is 10.3. The maximum atomic E-state index is 11.5. The smallest absolute Gasteiger partial charge is 0.411 e. The number of alkyl carbamates (subject to hydrolysis) is 1. The summed E-state index contributed by atoms with van der Waals surface area (Å²) in [7, 11) is -1.16. The van der Waals surface area contributed by atoms with Crippen LogP contribution in [0.25, 0.3) is 0 Å². The maximum Gasteiger partial charge on any atom is 0.411 e. The third-order valence-corrected chi connectivity index (χ3v) is 3.43. The summed E-state index contributed by atoms with van der Waals surface area (Å²) in [5.41, 5.74) is 4.41. The number of amides is 1. The Morgan fingerprint density at radius 3 is 2.11 bits per heavy atom. The highest BCUT2D eigenvalue weighted by molar-refractivity contribution is 6.81. The molecule has 0 unspecified atom stereocenters. The van der Waals surface area contributed by atoms with E-state index in [1.165, 1.54) is 5.57 Å². The summed E-state index contributed by atoms with van der Waals surface area (Å²) in [5, 5.41) is 2.67. The zero-order valence-electron chi connectivity index (χ0n) is 13.7. The van der Waals surface area contributed by atoms with Crippen molar-refractivity contribution in [3.05, 3.63) is 23.0 Å². The Bertz CT molecular complexity index is 371. The van der Waals surface area contributed by atoms with Crippen LogP contribution in [0.1, 0.15) is 41.0 Å². The second-order valence-electron chi connectivity index (χ2n) is 7.17. The SMILES string of the molecule is C/C(=C\NC(=O)OC(C)(C)C)C/C(C)=C/[Si](C)(C)C. The first-order valence-electron chi connectivity index (χ1n) is 6.72. The van der Waals surface area contributed by atoms with E-state index in [0.717, 1.165) is 12.0 Å². The summed E-state index contributed by atoms with van der Waals surface area (Å²) < 4.78 is 5.17. The van der Waals surface area contributed by atoms with E-state index in [9.17, 15) is 4.79 Å². The highest BCUT2D eigenvalue weighted by atomic mass is 28.3. The molecule has 0 aliphatic rings. The van der Waals surface area contributed by atoms with E-state index in [4.69, 9.17) is 4.74 Å². The van der Waals surface area contributed by atoms with Crippen LogP contribution in [-0.4, -0.2) is 19.8 Å². The van der Waals surface area contributed by atoms with Crippen molar-refractivity contribution < 1.29 is 9.53 Å². The van der Waals surface area contributed by atoms with Gasteiger partial charge in [-0.25, -0.2) is 4.79 Å².